The third kappa shape index (κ3) is 6.90. The number of amides is 1. The lowest BCUT2D eigenvalue weighted by Crippen LogP contribution is -2.35. The number of amidine groups is 2. The Labute approximate surface area is 246 Å². The first-order chi connectivity index (χ1) is 19.9. The predicted molar refractivity (Wildman–Crippen MR) is 162 cm³/mol. The summed E-state index contributed by atoms with van der Waals surface area (Å²) < 4.78 is 23.2. The second kappa shape index (κ2) is 12.9. The summed E-state index contributed by atoms with van der Waals surface area (Å²) in [7, 11) is 0. The minimum Gasteiger partial charge on any atom is -0.490 e. The standard InChI is InChI=1S/C30H27ClN4O5S/c1-3-37-25-17-20(16-24(31)27(25)39-14-13-38-22-11-9-19(2)10-12-22)15-23-28(32)35-30(33-29(23)36)41-26(34-35)18-40-21-7-5-4-6-8-21/h4-12,15-17,32H,3,13-14,18H2,1-2H3. The molecule has 11 heteroatoms. The van der Waals surface area contributed by atoms with Crippen molar-refractivity contribution in [3.8, 4) is 23.0 Å². The summed E-state index contributed by atoms with van der Waals surface area (Å²) in [5.41, 5.74) is 1.78. The summed E-state index contributed by atoms with van der Waals surface area (Å²) in [4.78, 5) is 17.0. The highest BCUT2D eigenvalue weighted by Gasteiger charge is 2.36. The van der Waals surface area contributed by atoms with Crippen LogP contribution >= 0.6 is 23.4 Å². The first kappa shape index (κ1) is 28.3. The Morgan fingerprint density at radius 1 is 0.976 bits per heavy atom. The monoisotopic (exact) mass is 590 g/mol. The van der Waals surface area contributed by atoms with E-state index in [1.807, 2.05) is 68.4 Å². The SMILES string of the molecule is CCOc1cc(C=C2C(=N)N3N=C(COc4ccccc4)SC3=NC2=O)cc(Cl)c1OCCOc1ccc(C)cc1. The van der Waals surface area contributed by atoms with E-state index in [0.29, 0.717) is 51.3 Å². The Morgan fingerprint density at radius 3 is 2.46 bits per heavy atom. The second-order valence-electron chi connectivity index (χ2n) is 8.89. The molecular weight excluding hydrogens is 564 g/mol. The van der Waals surface area contributed by atoms with Gasteiger partial charge in [0.05, 0.1) is 17.2 Å². The van der Waals surface area contributed by atoms with Crippen LogP contribution in [0.1, 0.15) is 18.1 Å². The molecular formula is C30H27ClN4O5S. The number of nitrogens with one attached hydrogen (secondary N) is 1. The molecule has 0 spiro atoms. The van der Waals surface area contributed by atoms with Crippen molar-refractivity contribution in [3.05, 3.63) is 88.5 Å². The minimum absolute atomic E-state index is 0.0713. The number of rotatable bonds is 11. The molecule has 210 valence electrons. The number of ether oxygens (including phenoxy) is 4. The molecule has 2 heterocycles. The fourth-order valence-corrected chi connectivity index (χ4v) is 5.00. The molecule has 0 aliphatic carbocycles. The maximum Gasteiger partial charge on any atom is 0.283 e. The molecule has 0 saturated carbocycles. The summed E-state index contributed by atoms with van der Waals surface area (Å²) in [6.45, 7) is 4.99. The highest BCUT2D eigenvalue weighted by molar-refractivity contribution is 8.27. The number of carbonyl (C=O) groups excluding carboxylic acids is 1. The number of halogens is 1. The zero-order chi connectivity index (χ0) is 28.8. The molecule has 0 saturated heterocycles. The maximum absolute atomic E-state index is 12.9. The van der Waals surface area contributed by atoms with Gasteiger partial charge < -0.3 is 18.9 Å². The highest BCUT2D eigenvalue weighted by Crippen LogP contribution is 2.38. The zero-order valence-corrected chi connectivity index (χ0v) is 24.0. The first-order valence-electron chi connectivity index (χ1n) is 12.9. The molecule has 2 aliphatic heterocycles. The van der Waals surface area contributed by atoms with Crippen molar-refractivity contribution < 1.29 is 23.7 Å². The third-order valence-corrected chi connectivity index (χ3v) is 7.03. The lowest BCUT2D eigenvalue weighted by molar-refractivity contribution is -0.114. The Bertz CT molecular complexity index is 1540. The molecule has 3 aromatic rings. The van der Waals surface area contributed by atoms with Crippen LogP contribution in [0.15, 0.2) is 82.4 Å². The fourth-order valence-electron chi connectivity index (χ4n) is 3.93. The molecule has 0 fully saturated rings. The van der Waals surface area contributed by atoms with Crippen LogP contribution in [-0.2, 0) is 4.79 Å². The van der Waals surface area contributed by atoms with Gasteiger partial charge in [0, 0.05) is 0 Å². The largest absolute Gasteiger partial charge is 0.490 e. The Kier molecular flexibility index (Phi) is 8.91. The van der Waals surface area contributed by atoms with E-state index < -0.39 is 5.91 Å². The number of hydrazone groups is 1. The quantitative estimate of drug-likeness (QED) is 0.209. The number of carbonyl (C=O) groups is 1. The van der Waals surface area contributed by atoms with Crippen molar-refractivity contribution in [1.29, 1.82) is 5.41 Å². The smallest absolute Gasteiger partial charge is 0.283 e. The van der Waals surface area contributed by atoms with Gasteiger partial charge in [0.1, 0.15) is 36.4 Å². The summed E-state index contributed by atoms with van der Waals surface area (Å²) in [5, 5.41) is 15.6. The van der Waals surface area contributed by atoms with E-state index in [2.05, 4.69) is 10.1 Å². The van der Waals surface area contributed by atoms with Gasteiger partial charge in [-0.3, -0.25) is 10.2 Å². The van der Waals surface area contributed by atoms with Gasteiger partial charge in [0.2, 0.25) is 5.17 Å². The number of para-hydroxylation sites is 1. The average Bonchev–Trinajstić information content (AvgIpc) is 3.38. The summed E-state index contributed by atoms with van der Waals surface area (Å²) >= 11 is 7.77. The van der Waals surface area contributed by atoms with E-state index in [1.165, 1.54) is 16.8 Å². The Hall–Kier alpha value is -4.28. The predicted octanol–water partition coefficient (Wildman–Crippen LogP) is 6.20. The number of nitrogens with zero attached hydrogens (tertiary/aromatic N) is 3. The Balaban J connectivity index is 1.28. The van der Waals surface area contributed by atoms with Crippen LogP contribution in [0.4, 0.5) is 0 Å². The van der Waals surface area contributed by atoms with Crippen molar-refractivity contribution in [2.75, 3.05) is 26.4 Å². The summed E-state index contributed by atoms with van der Waals surface area (Å²) in [6, 6.07) is 20.4. The minimum atomic E-state index is -0.545. The molecule has 41 heavy (non-hydrogen) atoms. The lowest BCUT2D eigenvalue weighted by Gasteiger charge is -2.20. The molecule has 5 rings (SSSR count). The molecule has 2 aliphatic rings. The molecule has 9 nitrogen and oxygen atoms in total. The van der Waals surface area contributed by atoms with E-state index in [-0.39, 0.29) is 24.6 Å². The molecule has 0 radical (unpaired) electrons. The van der Waals surface area contributed by atoms with Crippen molar-refractivity contribution in [2.24, 2.45) is 10.1 Å². The van der Waals surface area contributed by atoms with E-state index in [1.54, 1.807) is 18.2 Å². The summed E-state index contributed by atoms with van der Waals surface area (Å²) in [6.07, 6.45) is 1.54. The number of aliphatic imine (C=N–C) groups is 1. The van der Waals surface area contributed by atoms with Gasteiger partial charge in [-0.05, 0) is 73.6 Å². The van der Waals surface area contributed by atoms with Crippen molar-refractivity contribution in [2.45, 2.75) is 13.8 Å². The number of benzene rings is 3. The van der Waals surface area contributed by atoms with Gasteiger partial charge in [0.25, 0.3) is 5.91 Å². The van der Waals surface area contributed by atoms with E-state index in [4.69, 9.17) is 36.0 Å². The van der Waals surface area contributed by atoms with Crippen molar-refractivity contribution in [3.63, 3.8) is 0 Å². The Morgan fingerprint density at radius 2 is 1.71 bits per heavy atom. The molecule has 0 bridgehead atoms. The van der Waals surface area contributed by atoms with Gasteiger partial charge >= 0.3 is 0 Å². The molecule has 1 amide bonds. The highest BCUT2D eigenvalue weighted by atomic mass is 35.5. The van der Waals surface area contributed by atoms with Gasteiger partial charge in [0.15, 0.2) is 17.3 Å². The molecule has 1 N–H and O–H groups in total. The number of thioether (sulfide) groups is 1. The molecule has 0 aromatic heterocycles. The van der Waals surface area contributed by atoms with Crippen LogP contribution in [0.2, 0.25) is 5.02 Å². The van der Waals surface area contributed by atoms with Gasteiger partial charge in [-0.1, -0.05) is 47.5 Å². The van der Waals surface area contributed by atoms with Crippen LogP contribution in [-0.4, -0.2) is 53.4 Å². The first-order valence-corrected chi connectivity index (χ1v) is 14.1. The normalized spacial score (nSPS) is 15.4. The topological polar surface area (TPSA) is 106 Å². The summed E-state index contributed by atoms with van der Waals surface area (Å²) in [5.74, 6) is 1.59. The van der Waals surface area contributed by atoms with Crippen LogP contribution in [0, 0.1) is 12.3 Å². The van der Waals surface area contributed by atoms with Crippen LogP contribution < -0.4 is 18.9 Å². The maximum atomic E-state index is 12.9. The van der Waals surface area contributed by atoms with E-state index in [0.717, 1.165) is 11.3 Å². The zero-order valence-electron chi connectivity index (χ0n) is 22.4. The van der Waals surface area contributed by atoms with Crippen LogP contribution in [0.5, 0.6) is 23.0 Å². The average molecular weight is 591 g/mol. The van der Waals surface area contributed by atoms with Crippen LogP contribution in [0.3, 0.4) is 0 Å². The number of aryl methyl sites for hydroxylation is 1. The third-order valence-electron chi connectivity index (χ3n) is 5.86. The number of fused-ring (bicyclic) bond motifs is 1. The lowest BCUT2D eigenvalue weighted by atomic mass is 10.1. The van der Waals surface area contributed by atoms with Crippen molar-refractivity contribution >= 4 is 51.4 Å². The van der Waals surface area contributed by atoms with Crippen molar-refractivity contribution in [1.82, 2.24) is 5.01 Å². The fraction of sp³-hybridized carbons (Fsp3) is 0.200. The van der Waals surface area contributed by atoms with Crippen LogP contribution in [0.25, 0.3) is 6.08 Å². The number of hydrogen-bond acceptors (Lipinski definition) is 8. The van der Waals surface area contributed by atoms with Gasteiger partial charge in [-0.25, -0.2) is 0 Å². The molecule has 0 unspecified atom stereocenters. The van der Waals surface area contributed by atoms with Gasteiger partial charge in [-0.15, -0.1) is 0 Å². The van der Waals surface area contributed by atoms with Gasteiger partial charge in [-0.2, -0.15) is 15.1 Å². The number of hydrogen-bond donors (Lipinski definition) is 1. The second-order valence-corrected chi connectivity index (χ2v) is 10.3. The molecule has 3 aromatic carbocycles. The molecule has 0 atom stereocenters. The van der Waals surface area contributed by atoms with E-state index in [9.17, 15) is 4.79 Å². The van der Waals surface area contributed by atoms with E-state index >= 15 is 0 Å².